The Kier molecular flexibility index (Phi) is 5.06. The Morgan fingerprint density at radius 1 is 1.32 bits per heavy atom. The van der Waals surface area contributed by atoms with Crippen LogP contribution in [0.5, 0.6) is 0 Å². The van der Waals surface area contributed by atoms with E-state index in [1.165, 1.54) is 13.8 Å². The van der Waals surface area contributed by atoms with Gasteiger partial charge in [-0.25, -0.2) is 0 Å². The number of anilines is 1. The quantitative estimate of drug-likeness (QED) is 0.683. The number of carboxylic acid groups (broad SMARTS) is 1. The molecule has 5 nitrogen and oxygen atoms in total. The lowest BCUT2D eigenvalue weighted by Gasteiger charge is -2.18. The van der Waals surface area contributed by atoms with Gasteiger partial charge in [0.25, 0.3) is 0 Å². The minimum Gasteiger partial charge on any atom is -0.480 e. The molecule has 0 spiro atoms. The first-order chi connectivity index (χ1) is 8.87. The molecule has 0 heterocycles. The fourth-order valence-corrected chi connectivity index (χ4v) is 1.47. The molecule has 1 aromatic carbocycles. The third-order valence-electron chi connectivity index (χ3n) is 2.91. The molecule has 0 aliphatic carbocycles. The van der Waals surface area contributed by atoms with Crippen LogP contribution < -0.4 is 5.32 Å². The second-order valence-electron chi connectivity index (χ2n) is 4.91. The van der Waals surface area contributed by atoms with E-state index in [0.717, 1.165) is 5.56 Å². The standard InChI is InChI=1S/C14H19NO4/c1-14(2,13(18)19)12(17)15-11-7-3-5-10(9-11)6-4-8-16/h3,5,7,9,16H,4,6,8H2,1-2H3,(H,15,17)(H,18,19). The minimum absolute atomic E-state index is 0.114. The lowest BCUT2D eigenvalue weighted by molar-refractivity contribution is -0.151. The Hall–Kier alpha value is -1.88. The molecule has 1 aromatic rings. The Bertz CT molecular complexity index is 468. The number of amides is 1. The number of rotatable bonds is 6. The molecule has 0 fully saturated rings. The second-order valence-corrected chi connectivity index (χ2v) is 4.91. The molecule has 5 heteroatoms. The summed E-state index contributed by atoms with van der Waals surface area (Å²) in [6, 6.07) is 7.17. The van der Waals surface area contributed by atoms with Gasteiger partial charge in [0.15, 0.2) is 0 Å². The summed E-state index contributed by atoms with van der Waals surface area (Å²) < 4.78 is 0. The smallest absolute Gasteiger partial charge is 0.318 e. The molecular formula is C14H19NO4. The lowest BCUT2D eigenvalue weighted by atomic mass is 9.92. The van der Waals surface area contributed by atoms with Crippen LogP contribution in [0.3, 0.4) is 0 Å². The Morgan fingerprint density at radius 3 is 2.58 bits per heavy atom. The maximum atomic E-state index is 11.9. The first kappa shape index (κ1) is 15.2. The van der Waals surface area contributed by atoms with Gasteiger partial charge >= 0.3 is 5.97 Å². The topological polar surface area (TPSA) is 86.6 Å². The highest BCUT2D eigenvalue weighted by molar-refractivity contribution is 6.07. The summed E-state index contributed by atoms with van der Waals surface area (Å²) in [5, 5.41) is 20.3. The van der Waals surface area contributed by atoms with Gasteiger partial charge < -0.3 is 15.5 Å². The van der Waals surface area contributed by atoms with E-state index < -0.39 is 17.3 Å². The molecule has 0 aromatic heterocycles. The van der Waals surface area contributed by atoms with Crippen LogP contribution in [-0.2, 0) is 16.0 Å². The van der Waals surface area contributed by atoms with Crippen molar-refractivity contribution in [3.8, 4) is 0 Å². The van der Waals surface area contributed by atoms with Crippen LogP contribution in [0.4, 0.5) is 5.69 Å². The fraction of sp³-hybridized carbons (Fsp3) is 0.429. The Balaban J connectivity index is 2.77. The van der Waals surface area contributed by atoms with Crippen LogP contribution in [0.25, 0.3) is 0 Å². The van der Waals surface area contributed by atoms with Crippen LogP contribution in [0.1, 0.15) is 25.8 Å². The number of hydrogen-bond acceptors (Lipinski definition) is 3. The molecule has 0 unspecified atom stereocenters. The van der Waals surface area contributed by atoms with Crippen LogP contribution >= 0.6 is 0 Å². The highest BCUT2D eigenvalue weighted by atomic mass is 16.4. The lowest BCUT2D eigenvalue weighted by Crippen LogP contribution is -2.37. The molecule has 0 radical (unpaired) electrons. The van der Waals surface area contributed by atoms with Crippen molar-refractivity contribution in [3.05, 3.63) is 29.8 Å². The molecular weight excluding hydrogens is 246 g/mol. The van der Waals surface area contributed by atoms with Gasteiger partial charge in [-0.15, -0.1) is 0 Å². The number of carbonyl (C=O) groups is 2. The normalized spacial score (nSPS) is 11.1. The van der Waals surface area contributed by atoms with E-state index >= 15 is 0 Å². The minimum atomic E-state index is -1.47. The van der Waals surface area contributed by atoms with Gasteiger partial charge in [0, 0.05) is 12.3 Å². The maximum Gasteiger partial charge on any atom is 0.318 e. The maximum absolute atomic E-state index is 11.9. The van der Waals surface area contributed by atoms with Crippen molar-refractivity contribution in [3.63, 3.8) is 0 Å². The Labute approximate surface area is 112 Å². The molecule has 3 N–H and O–H groups in total. The predicted molar refractivity (Wildman–Crippen MR) is 71.9 cm³/mol. The zero-order valence-corrected chi connectivity index (χ0v) is 11.1. The zero-order chi connectivity index (χ0) is 14.5. The summed E-state index contributed by atoms with van der Waals surface area (Å²) >= 11 is 0. The van der Waals surface area contributed by atoms with E-state index in [-0.39, 0.29) is 6.61 Å². The molecule has 1 rings (SSSR count). The summed E-state index contributed by atoms with van der Waals surface area (Å²) in [6.07, 6.45) is 1.36. The van der Waals surface area contributed by atoms with Crippen molar-refractivity contribution in [1.82, 2.24) is 0 Å². The summed E-state index contributed by atoms with van der Waals surface area (Å²) in [4.78, 5) is 22.8. The van der Waals surface area contributed by atoms with Gasteiger partial charge in [0.1, 0.15) is 5.41 Å². The third-order valence-corrected chi connectivity index (χ3v) is 2.91. The number of carbonyl (C=O) groups excluding carboxylic acids is 1. The van der Waals surface area contributed by atoms with E-state index in [0.29, 0.717) is 18.5 Å². The monoisotopic (exact) mass is 265 g/mol. The van der Waals surface area contributed by atoms with Crippen LogP contribution in [-0.4, -0.2) is 28.7 Å². The zero-order valence-electron chi connectivity index (χ0n) is 11.1. The molecule has 0 aliphatic heterocycles. The molecule has 19 heavy (non-hydrogen) atoms. The van der Waals surface area contributed by atoms with Crippen molar-refractivity contribution in [1.29, 1.82) is 0 Å². The first-order valence-electron chi connectivity index (χ1n) is 6.12. The number of benzene rings is 1. The predicted octanol–water partition coefficient (Wildman–Crippen LogP) is 1.66. The second kappa shape index (κ2) is 6.33. The van der Waals surface area contributed by atoms with E-state index in [1.807, 2.05) is 6.07 Å². The molecule has 0 saturated carbocycles. The SMILES string of the molecule is CC(C)(C(=O)O)C(=O)Nc1cccc(CCCO)c1. The van der Waals surface area contributed by atoms with E-state index in [1.54, 1.807) is 18.2 Å². The molecule has 0 atom stereocenters. The van der Waals surface area contributed by atoms with Crippen LogP contribution in [0.2, 0.25) is 0 Å². The van der Waals surface area contributed by atoms with Gasteiger partial charge in [-0.2, -0.15) is 0 Å². The number of aliphatic carboxylic acids is 1. The van der Waals surface area contributed by atoms with Crippen molar-refractivity contribution in [2.24, 2.45) is 5.41 Å². The van der Waals surface area contributed by atoms with Crippen LogP contribution in [0, 0.1) is 5.41 Å². The number of aliphatic hydroxyl groups excluding tert-OH is 1. The summed E-state index contributed by atoms with van der Waals surface area (Å²) in [5.74, 6) is -1.72. The Morgan fingerprint density at radius 2 is 2.00 bits per heavy atom. The summed E-state index contributed by atoms with van der Waals surface area (Å²) in [7, 11) is 0. The van der Waals surface area contributed by atoms with E-state index in [4.69, 9.17) is 10.2 Å². The highest BCUT2D eigenvalue weighted by Crippen LogP contribution is 2.20. The van der Waals surface area contributed by atoms with Gasteiger partial charge in [-0.1, -0.05) is 12.1 Å². The third kappa shape index (κ3) is 4.06. The van der Waals surface area contributed by atoms with Gasteiger partial charge in [0.2, 0.25) is 5.91 Å². The van der Waals surface area contributed by atoms with Crippen molar-refractivity contribution < 1.29 is 19.8 Å². The number of hydrogen-bond donors (Lipinski definition) is 3. The van der Waals surface area contributed by atoms with Crippen molar-refractivity contribution >= 4 is 17.6 Å². The molecule has 0 bridgehead atoms. The van der Waals surface area contributed by atoms with Crippen molar-refractivity contribution in [2.75, 3.05) is 11.9 Å². The number of nitrogens with one attached hydrogen (secondary N) is 1. The number of carboxylic acids is 1. The van der Waals surface area contributed by atoms with Crippen LogP contribution in [0.15, 0.2) is 24.3 Å². The van der Waals surface area contributed by atoms with Crippen molar-refractivity contribution in [2.45, 2.75) is 26.7 Å². The molecule has 104 valence electrons. The number of aliphatic hydroxyl groups is 1. The van der Waals surface area contributed by atoms with Gasteiger partial charge in [0.05, 0.1) is 0 Å². The van der Waals surface area contributed by atoms with Gasteiger partial charge in [-0.3, -0.25) is 9.59 Å². The summed E-state index contributed by atoms with van der Waals surface area (Å²) in [5.41, 5.74) is 0.0796. The first-order valence-corrected chi connectivity index (χ1v) is 6.12. The highest BCUT2D eigenvalue weighted by Gasteiger charge is 2.35. The average molecular weight is 265 g/mol. The molecule has 0 saturated heterocycles. The summed E-state index contributed by atoms with van der Waals surface area (Å²) in [6.45, 7) is 2.84. The largest absolute Gasteiger partial charge is 0.480 e. The fourth-order valence-electron chi connectivity index (χ4n) is 1.47. The van der Waals surface area contributed by atoms with E-state index in [9.17, 15) is 9.59 Å². The molecule has 0 aliphatic rings. The molecule has 1 amide bonds. The average Bonchev–Trinajstić information content (AvgIpc) is 2.36. The van der Waals surface area contributed by atoms with Gasteiger partial charge in [-0.05, 0) is 44.4 Å². The van der Waals surface area contributed by atoms with E-state index in [2.05, 4.69) is 5.32 Å². The number of aryl methyl sites for hydroxylation is 1.